The van der Waals surface area contributed by atoms with Crippen LogP contribution in [0.2, 0.25) is 0 Å². The summed E-state index contributed by atoms with van der Waals surface area (Å²) in [6.45, 7) is 0. The minimum Gasteiger partial charge on any atom is -0.389 e. The highest BCUT2D eigenvalue weighted by Crippen LogP contribution is 2.31. The first-order chi connectivity index (χ1) is 9.80. The molecule has 1 aromatic carbocycles. The molecule has 0 aliphatic carbocycles. The number of benzene rings is 1. The summed E-state index contributed by atoms with van der Waals surface area (Å²) < 4.78 is 37.6. The Morgan fingerprint density at radius 2 is 1.86 bits per heavy atom. The lowest BCUT2D eigenvalue weighted by Gasteiger charge is -2.21. The Morgan fingerprint density at radius 1 is 1.19 bits per heavy atom. The van der Waals surface area contributed by atoms with Crippen LogP contribution in [0.3, 0.4) is 0 Å². The van der Waals surface area contributed by atoms with E-state index in [2.05, 4.69) is 4.98 Å². The van der Waals surface area contributed by atoms with Gasteiger partial charge in [0.1, 0.15) is 10.8 Å². The number of nitrogens with two attached hydrogens (primary N) is 1. The largest absolute Gasteiger partial charge is 0.417 e. The van der Waals surface area contributed by atoms with Crippen molar-refractivity contribution in [3.8, 4) is 0 Å². The Kier molecular flexibility index (Phi) is 4.13. The molecule has 3 nitrogen and oxygen atoms in total. The van der Waals surface area contributed by atoms with Gasteiger partial charge >= 0.3 is 6.18 Å². The van der Waals surface area contributed by atoms with Crippen molar-refractivity contribution in [2.75, 3.05) is 11.9 Å². The number of pyridine rings is 1. The summed E-state index contributed by atoms with van der Waals surface area (Å²) in [5.41, 5.74) is 6.17. The van der Waals surface area contributed by atoms with Crippen molar-refractivity contribution in [1.82, 2.24) is 4.98 Å². The minimum absolute atomic E-state index is 0.212. The number of hydrogen-bond donors (Lipinski definition) is 1. The highest BCUT2D eigenvalue weighted by molar-refractivity contribution is 7.80. The fourth-order valence-corrected chi connectivity index (χ4v) is 2.02. The van der Waals surface area contributed by atoms with Crippen LogP contribution >= 0.6 is 12.2 Å². The van der Waals surface area contributed by atoms with Crippen molar-refractivity contribution in [3.05, 3.63) is 53.7 Å². The number of aromatic nitrogens is 1. The third kappa shape index (κ3) is 3.30. The Morgan fingerprint density at radius 3 is 2.38 bits per heavy atom. The Labute approximate surface area is 125 Å². The van der Waals surface area contributed by atoms with Gasteiger partial charge in [0.2, 0.25) is 0 Å². The molecule has 0 aliphatic heterocycles. The fraction of sp³-hybridized carbons (Fsp3) is 0.143. The molecular weight excluding hydrogens is 299 g/mol. The van der Waals surface area contributed by atoms with Crippen LogP contribution in [0.25, 0.3) is 0 Å². The van der Waals surface area contributed by atoms with Gasteiger partial charge in [0.25, 0.3) is 0 Å². The summed E-state index contributed by atoms with van der Waals surface area (Å²) in [5.74, 6) is 0.367. The molecule has 0 unspecified atom stereocenters. The average molecular weight is 311 g/mol. The molecule has 2 aromatic rings. The standard InChI is InChI=1S/C14H12F3N3S/c1-20(11-5-3-2-4-10(11)13(18)21)12-7-6-9(8-19-12)14(15,16)17/h2-8H,1H3,(H2,18,21). The molecule has 0 amide bonds. The third-order valence-electron chi connectivity index (χ3n) is 2.95. The van der Waals surface area contributed by atoms with E-state index in [-0.39, 0.29) is 4.99 Å². The van der Waals surface area contributed by atoms with Crippen LogP contribution in [-0.4, -0.2) is 17.0 Å². The molecular formula is C14H12F3N3S. The van der Waals surface area contributed by atoms with Crippen LogP contribution in [0, 0.1) is 0 Å². The summed E-state index contributed by atoms with van der Waals surface area (Å²) in [7, 11) is 1.69. The van der Waals surface area contributed by atoms with Crippen LogP contribution in [0.15, 0.2) is 42.6 Å². The first kappa shape index (κ1) is 15.2. The normalized spacial score (nSPS) is 11.2. The maximum Gasteiger partial charge on any atom is 0.417 e. The number of alkyl halides is 3. The number of rotatable bonds is 3. The molecule has 21 heavy (non-hydrogen) atoms. The van der Waals surface area contributed by atoms with E-state index in [0.29, 0.717) is 17.1 Å². The van der Waals surface area contributed by atoms with Crippen LogP contribution in [-0.2, 0) is 6.18 Å². The lowest BCUT2D eigenvalue weighted by atomic mass is 10.1. The van der Waals surface area contributed by atoms with E-state index in [1.54, 1.807) is 36.2 Å². The molecule has 0 saturated heterocycles. The maximum atomic E-state index is 12.5. The van der Waals surface area contributed by atoms with Gasteiger partial charge in [-0.3, -0.25) is 0 Å². The van der Waals surface area contributed by atoms with Gasteiger partial charge in [0, 0.05) is 18.8 Å². The van der Waals surface area contributed by atoms with Gasteiger partial charge in [0.05, 0.1) is 11.3 Å². The number of para-hydroxylation sites is 1. The van der Waals surface area contributed by atoms with Gasteiger partial charge in [-0.15, -0.1) is 0 Å². The highest BCUT2D eigenvalue weighted by Gasteiger charge is 2.30. The van der Waals surface area contributed by atoms with Crippen molar-refractivity contribution in [2.45, 2.75) is 6.18 Å². The number of hydrogen-bond acceptors (Lipinski definition) is 3. The second-order valence-electron chi connectivity index (χ2n) is 4.34. The third-order valence-corrected chi connectivity index (χ3v) is 3.17. The van der Waals surface area contributed by atoms with Crippen molar-refractivity contribution in [1.29, 1.82) is 0 Å². The quantitative estimate of drug-likeness (QED) is 0.881. The van der Waals surface area contributed by atoms with Crippen molar-refractivity contribution in [2.24, 2.45) is 5.73 Å². The van der Waals surface area contributed by atoms with Crippen LogP contribution in [0.4, 0.5) is 24.7 Å². The summed E-state index contributed by atoms with van der Waals surface area (Å²) in [6.07, 6.45) is -3.60. The fourth-order valence-electron chi connectivity index (χ4n) is 1.85. The van der Waals surface area contributed by atoms with Crippen molar-refractivity contribution >= 4 is 28.7 Å². The molecule has 2 N–H and O–H groups in total. The topological polar surface area (TPSA) is 42.2 Å². The number of nitrogens with zero attached hydrogens (tertiary/aromatic N) is 2. The lowest BCUT2D eigenvalue weighted by Crippen LogP contribution is -2.18. The number of thiocarbonyl (C=S) groups is 1. The molecule has 1 heterocycles. The Balaban J connectivity index is 2.37. The van der Waals surface area contributed by atoms with E-state index in [9.17, 15) is 13.2 Å². The zero-order valence-electron chi connectivity index (χ0n) is 11.1. The molecule has 2 rings (SSSR count). The average Bonchev–Trinajstić information content (AvgIpc) is 2.45. The first-order valence-electron chi connectivity index (χ1n) is 5.96. The summed E-state index contributed by atoms with van der Waals surface area (Å²) in [5, 5.41) is 0. The Bertz CT molecular complexity index is 653. The molecule has 110 valence electrons. The summed E-state index contributed by atoms with van der Waals surface area (Å²) >= 11 is 4.97. The summed E-state index contributed by atoms with van der Waals surface area (Å²) in [6, 6.07) is 9.39. The highest BCUT2D eigenvalue weighted by atomic mass is 32.1. The molecule has 0 spiro atoms. The van der Waals surface area contributed by atoms with E-state index in [0.717, 1.165) is 12.3 Å². The van der Waals surface area contributed by atoms with Gasteiger partial charge in [0.15, 0.2) is 0 Å². The zero-order chi connectivity index (χ0) is 15.6. The number of halogens is 3. The number of anilines is 2. The van der Waals surface area contributed by atoms with Crippen molar-refractivity contribution < 1.29 is 13.2 Å². The molecule has 0 bridgehead atoms. The first-order valence-corrected chi connectivity index (χ1v) is 6.37. The predicted octanol–water partition coefficient (Wildman–Crippen LogP) is 3.50. The van der Waals surface area contributed by atoms with Crippen LogP contribution in [0.5, 0.6) is 0 Å². The van der Waals surface area contributed by atoms with Crippen LogP contribution in [0.1, 0.15) is 11.1 Å². The van der Waals surface area contributed by atoms with Crippen LogP contribution < -0.4 is 10.6 Å². The van der Waals surface area contributed by atoms with E-state index >= 15 is 0 Å². The molecule has 0 fully saturated rings. The molecule has 0 saturated carbocycles. The van der Waals surface area contributed by atoms with Gasteiger partial charge in [-0.05, 0) is 24.3 Å². The van der Waals surface area contributed by atoms with E-state index in [1.165, 1.54) is 6.07 Å². The molecule has 0 radical (unpaired) electrons. The Hall–Kier alpha value is -2.15. The van der Waals surface area contributed by atoms with E-state index < -0.39 is 11.7 Å². The van der Waals surface area contributed by atoms with E-state index in [4.69, 9.17) is 18.0 Å². The van der Waals surface area contributed by atoms with Gasteiger partial charge in [-0.2, -0.15) is 13.2 Å². The molecule has 1 aromatic heterocycles. The van der Waals surface area contributed by atoms with E-state index in [1.807, 2.05) is 0 Å². The monoisotopic (exact) mass is 311 g/mol. The summed E-state index contributed by atoms with van der Waals surface area (Å²) in [4.78, 5) is 5.69. The molecule has 0 atom stereocenters. The SMILES string of the molecule is CN(c1ccc(C(F)(F)F)cn1)c1ccccc1C(N)=S. The van der Waals surface area contributed by atoms with Gasteiger partial charge in [-0.1, -0.05) is 24.4 Å². The lowest BCUT2D eigenvalue weighted by molar-refractivity contribution is -0.137. The second kappa shape index (κ2) is 5.69. The smallest absolute Gasteiger partial charge is 0.389 e. The predicted molar refractivity (Wildman–Crippen MR) is 79.6 cm³/mol. The van der Waals surface area contributed by atoms with Crippen molar-refractivity contribution in [3.63, 3.8) is 0 Å². The molecule has 0 aliphatic rings. The maximum absolute atomic E-state index is 12.5. The van der Waals surface area contributed by atoms with Gasteiger partial charge < -0.3 is 10.6 Å². The molecule has 7 heteroatoms. The second-order valence-corrected chi connectivity index (χ2v) is 4.78. The minimum atomic E-state index is -4.40. The zero-order valence-corrected chi connectivity index (χ0v) is 11.9. The van der Waals surface area contributed by atoms with Gasteiger partial charge in [-0.25, -0.2) is 4.98 Å².